The fourth-order valence-electron chi connectivity index (χ4n) is 4.96. The first kappa shape index (κ1) is 35.8. The molecule has 2 heterocycles. The summed E-state index contributed by atoms with van der Waals surface area (Å²) >= 11 is 0.939. The summed E-state index contributed by atoms with van der Waals surface area (Å²) in [6, 6.07) is 4.80. The van der Waals surface area contributed by atoms with E-state index in [1.165, 1.54) is 35.5 Å². The quantitative estimate of drug-likeness (QED) is 0.133. The molecule has 2 aromatic rings. The maximum atomic E-state index is 15.7. The van der Waals surface area contributed by atoms with E-state index in [9.17, 15) is 19.5 Å². The van der Waals surface area contributed by atoms with Gasteiger partial charge in [-0.25, -0.2) is 24.1 Å². The molecule has 2 amide bonds. The van der Waals surface area contributed by atoms with Crippen LogP contribution >= 0.6 is 11.8 Å². The van der Waals surface area contributed by atoms with Gasteiger partial charge in [0.2, 0.25) is 5.88 Å². The zero-order chi connectivity index (χ0) is 34.8. The number of nitrogens with one attached hydrogen (secondary N) is 1. The van der Waals surface area contributed by atoms with E-state index in [0.717, 1.165) is 17.8 Å². The SMILES string of the molecule is C#CCOc1cnc(C(=O)Nc2ccc(F)c([C@@]3(C)N=C(N(COCC[Si](C)(C)C)C(=O)OC(C)(C)C)S[C@@]4(C(=O)O)CC43)c2)cn1. The molecule has 4 rings (SSSR count). The van der Waals surface area contributed by atoms with Gasteiger partial charge < -0.3 is 24.6 Å². The minimum atomic E-state index is -1.45. The third kappa shape index (κ3) is 8.48. The molecule has 0 spiro atoms. The highest BCUT2D eigenvalue weighted by Crippen LogP contribution is 2.66. The molecule has 0 bridgehead atoms. The van der Waals surface area contributed by atoms with Crippen molar-refractivity contribution in [3.8, 4) is 18.2 Å². The number of aromatic nitrogens is 2. The van der Waals surface area contributed by atoms with Crippen LogP contribution in [0, 0.1) is 24.1 Å². The van der Waals surface area contributed by atoms with Crippen molar-refractivity contribution in [1.82, 2.24) is 14.9 Å². The van der Waals surface area contributed by atoms with E-state index in [2.05, 4.69) is 40.8 Å². The normalized spacial score (nSPS) is 21.9. The number of carboxylic acids is 1. The number of carbonyl (C=O) groups excluding carboxylic acids is 2. The monoisotopic (exact) mass is 685 g/mol. The highest BCUT2D eigenvalue weighted by Gasteiger charge is 2.72. The van der Waals surface area contributed by atoms with Gasteiger partial charge in [0.25, 0.3) is 5.91 Å². The van der Waals surface area contributed by atoms with Gasteiger partial charge in [-0.3, -0.25) is 14.6 Å². The van der Waals surface area contributed by atoms with E-state index < -0.39 is 53.7 Å². The van der Waals surface area contributed by atoms with E-state index in [1.54, 1.807) is 27.7 Å². The second kappa shape index (κ2) is 13.6. The summed E-state index contributed by atoms with van der Waals surface area (Å²) in [4.78, 5) is 53.2. The number of benzene rings is 1. The number of aliphatic carboxylic acids is 1. The van der Waals surface area contributed by atoms with Crippen LogP contribution in [0.25, 0.3) is 0 Å². The summed E-state index contributed by atoms with van der Waals surface area (Å²) in [5.41, 5.74) is -2.05. The van der Waals surface area contributed by atoms with Gasteiger partial charge in [0.15, 0.2) is 11.8 Å². The molecule has 1 saturated carbocycles. The molecule has 1 aliphatic carbocycles. The predicted octanol–water partition coefficient (Wildman–Crippen LogP) is 5.59. The summed E-state index contributed by atoms with van der Waals surface area (Å²) in [6.45, 7) is 13.5. The van der Waals surface area contributed by atoms with Gasteiger partial charge in [-0.15, -0.1) is 6.42 Å². The molecule has 1 aromatic carbocycles. The number of thioether (sulfide) groups is 1. The number of halogens is 1. The zero-order valence-electron chi connectivity index (χ0n) is 27.5. The smallest absolute Gasteiger partial charge is 0.418 e. The zero-order valence-corrected chi connectivity index (χ0v) is 29.4. The fraction of sp³-hybridized carbons (Fsp3) is 0.500. The lowest BCUT2D eigenvalue weighted by atomic mass is 9.85. The number of terminal acetylenes is 1. The van der Waals surface area contributed by atoms with Gasteiger partial charge in [0.1, 0.15) is 28.6 Å². The Morgan fingerprint density at radius 2 is 1.96 bits per heavy atom. The number of carbonyl (C=O) groups is 3. The number of rotatable bonds is 11. The fourth-order valence-corrected chi connectivity index (χ4v) is 7.23. The largest absolute Gasteiger partial charge is 0.480 e. The van der Waals surface area contributed by atoms with Gasteiger partial charge in [0, 0.05) is 31.8 Å². The van der Waals surface area contributed by atoms with Crippen LogP contribution in [0.4, 0.5) is 14.9 Å². The average Bonchev–Trinajstić information content (AvgIpc) is 3.73. The van der Waals surface area contributed by atoms with E-state index in [-0.39, 0.29) is 47.8 Å². The van der Waals surface area contributed by atoms with Crippen molar-refractivity contribution in [3.63, 3.8) is 0 Å². The summed E-state index contributed by atoms with van der Waals surface area (Å²) in [5, 5.41) is 13.1. The standard InChI is InChI=1S/C32H40FN5O7SSi/c1-9-12-44-25-18-34-23(17-35-25)26(39)36-20-10-11-22(33)21(15-20)31(5)24-16-32(24,27(40)41)46-28(37-31)38(29(42)45-30(2,3)4)19-43-13-14-47(6,7)8/h1,10-11,15,17-18,24H,12-14,16,19H2,2-8H3,(H,36,39)(H,40,41)/t24?,31-,32+/m1/s1. The molecule has 252 valence electrons. The molecular weight excluding hydrogens is 646 g/mol. The van der Waals surface area contributed by atoms with Crippen LogP contribution in [0.5, 0.6) is 5.88 Å². The second-order valence-corrected chi connectivity index (χ2v) is 20.7. The van der Waals surface area contributed by atoms with Gasteiger partial charge in [0.05, 0.1) is 17.9 Å². The van der Waals surface area contributed by atoms with Crippen molar-refractivity contribution in [2.24, 2.45) is 10.9 Å². The first-order valence-electron chi connectivity index (χ1n) is 15.0. The van der Waals surface area contributed by atoms with Crippen LogP contribution in [0.2, 0.25) is 25.7 Å². The number of fused-ring (bicyclic) bond motifs is 1. The minimum absolute atomic E-state index is 0.00856. The Morgan fingerprint density at radius 3 is 2.55 bits per heavy atom. The molecule has 3 atom stereocenters. The molecule has 1 aliphatic heterocycles. The summed E-state index contributed by atoms with van der Waals surface area (Å²) in [6.07, 6.45) is 7.05. The van der Waals surface area contributed by atoms with E-state index in [1.807, 2.05) is 0 Å². The lowest BCUT2D eigenvalue weighted by Crippen LogP contribution is -2.47. The van der Waals surface area contributed by atoms with Crippen LogP contribution < -0.4 is 10.1 Å². The molecule has 1 unspecified atom stereocenters. The highest BCUT2D eigenvalue weighted by molar-refractivity contribution is 8.15. The molecule has 1 fully saturated rings. The first-order valence-corrected chi connectivity index (χ1v) is 19.5. The van der Waals surface area contributed by atoms with Gasteiger partial charge in [-0.2, -0.15) is 0 Å². The second-order valence-electron chi connectivity index (χ2n) is 13.7. The van der Waals surface area contributed by atoms with Crippen LogP contribution in [-0.2, 0) is 19.8 Å². The number of hydrogen-bond donors (Lipinski definition) is 2. The number of aliphatic imine (C=N–C) groups is 1. The van der Waals surface area contributed by atoms with Crippen molar-refractivity contribution in [1.29, 1.82) is 0 Å². The summed E-state index contributed by atoms with van der Waals surface area (Å²) < 4.78 is 31.0. The Kier molecular flexibility index (Phi) is 10.4. The van der Waals surface area contributed by atoms with Crippen molar-refractivity contribution in [3.05, 3.63) is 47.7 Å². The van der Waals surface area contributed by atoms with Crippen molar-refractivity contribution in [2.45, 2.75) is 75.7 Å². The average molecular weight is 686 g/mol. The minimum Gasteiger partial charge on any atom is -0.480 e. The van der Waals surface area contributed by atoms with Crippen LogP contribution in [0.15, 0.2) is 35.6 Å². The van der Waals surface area contributed by atoms with E-state index in [0.29, 0.717) is 6.61 Å². The molecule has 12 nitrogen and oxygen atoms in total. The van der Waals surface area contributed by atoms with E-state index in [4.69, 9.17) is 25.6 Å². The Balaban J connectivity index is 1.68. The molecule has 15 heteroatoms. The Labute approximate surface area is 278 Å². The Morgan fingerprint density at radius 1 is 1.23 bits per heavy atom. The summed E-state index contributed by atoms with van der Waals surface area (Å²) in [5.74, 6) is -0.541. The lowest BCUT2D eigenvalue weighted by Gasteiger charge is -2.37. The lowest BCUT2D eigenvalue weighted by molar-refractivity contribution is -0.137. The summed E-state index contributed by atoms with van der Waals surface area (Å²) in [7, 11) is -1.45. The number of carboxylic acid groups (broad SMARTS) is 1. The van der Waals surface area contributed by atoms with Crippen LogP contribution in [-0.4, -0.2) is 81.5 Å². The maximum absolute atomic E-state index is 15.7. The number of hydrogen-bond acceptors (Lipinski definition) is 10. The van der Waals surface area contributed by atoms with Gasteiger partial charge >= 0.3 is 12.1 Å². The number of ether oxygens (including phenoxy) is 3. The van der Waals surface area contributed by atoms with Crippen LogP contribution in [0.1, 0.15) is 50.2 Å². The third-order valence-corrected chi connectivity index (χ3v) is 10.7. The Bertz CT molecular complexity index is 1600. The first-order chi connectivity index (χ1) is 21.9. The van der Waals surface area contributed by atoms with Crippen LogP contribution in [0.3, 0.4) is 0 Å². The molecule has 1 aromatic heterocycles. The molecular formula is C32H40FN5O7SSi. The van der Waals surface area contributed by atoms with Crippen molar-refractivity contribution >= 4 is 48.7 Å². The van der Waals surface area contributed by atoms with Gasteiger partial charge in [-0.1, -0.05) is 37.3 Å². The van der Waals surface area contributed by atoms with E-state index >= 15 is 4.39 Å². The number of amidine groups is 1. The third-order valence-electron chi connectivity index (χ3n) is 7.55. The van der Waals surface area contributed by atoms with Crippen molar-refractivity contribution < 1.29 is 38.1 Å². The Hall–Kier alpha value is -4.00. The number of anilines is 1. The highest BCUT2D eigenvalue weighted by atomic mass is 32.2. The topological polar surface area (TPSA) is 153 Å². The van der Waals surface area contributed by atoms with Crippen molar-refractivity contribution in [2.75, 3.05) is 25.3 Å². The number of nitrogens with zero attached hydrogens (tertiary/aromatic N) is 4. The predicted molar refractivity (Wildman–Crippen MR) is 179 cm³/mol. The molecule has 0 radical (unpaired) electrons. The molecule has 2 N–H and O–H groups in total. The maximum Gasteiger partial charge on any atom is 0.418 e. The molecule has 0 saturated heterocycles. The molecule has 47 heavy (non-hydrogen) atoms. The number of amides is 2. The molecule has 2 aliphatic rings. The van der Waals surface area contributed by atoms with Gasteiger partial charge in [-0.05, 0) is 58.4 Å².